The van der Waals surface area contributed by atoms with Crippen molar-refractivity contribution in [1.82, 2.24) is 19.8 Å². The number of hydrogen-bond acceptors (Lipinski definition) is 7. The number of pyridine rings is 2. The van der Waals surface area contributed by atoms with Gasteiger partial charge in [0.1, 0.15) is 0 Å². The van der Waals surface area contributed by atoms with E-state index >= 15 is 0 Å². The van der Waals surface area contributed by atoms with Crippen LogP contribution in [0.4, 0.5) is 0 Å². The Balaban J connectivity index is 1.31. The average Bonchev–Trinajstić information content (AvgIpc) is 3.42. The van der Waals surface area contributed by atoms with Crippen molar-refractivity contribution in [3.05, 3.63) is 88.1 Å². The highest BCUT2D eigenvalue weighted by molar-refractivity contribution is 5.80. The molecule has 4 atom stereocenters. The van der Waals surface area contributed by atoms with Gasteiger partial charge in [0.25, 0.3) is 5.56 Å². The van der Waals surface area contributed by atoms with Crippen molar-refractivity contribution in [1.29, 1.82) is 0 Å². The molecule has 0 radical (unpaired) electrons. The molecule has 9 nitrogen and oxygen atoms in total. The Morgan fingerprint density at radius 2 is 2.00 bits per heavy atom. The number of ether oxygens (including phenoxy) is 2. The number of aliphatic hydroxyl groups is 1. The molecule has 2 aromatic heterocycles. The van der Waals surface area contributed by atoms with Crippen molar-refractivity contribution >= 4 is 5.91 Å². The van der Waals surface area contributed by atoms with Gasteiger partial charge in [-0.15, -0.1) is 0 Å². The highest BCUT2D eigenvalue weighted by atomic mass is 16.7. The van der Waals surface area contributed by atoms with Crippen LogP contribution in [0.25, 0.3) is 0 Å². The Labute approximate surface area is 201 Å². The number of hydrogen-bond donors (Lipinski definition) is 2. The first-order chi connectivity index (χ1) is 17.1. The molecular weight excluding hydrogens is 448 g/mol. The normalized spacial score (nSPS) is 24.3. The summed E-state index contributed by atoms with van der Waals surface area (Å²) < 4.78 is 12.6. The Kier molecular flexibility index (Phi) is 5.50. The van der Waals surface area contributed by atoms with Crippen LogP contribution < -0.4 is 20.3 Å². The van der Waals surface area contributed by atoms with Crippen molar-refractivity contribution in [2.45, 2.75) is 31.7 Å². The van der Waals surface area contributed by atoms with E-state index < -0.39 is 5.92 Å². The minimum absolute atomic E-state index is 0.0864. The number of nitrogens with one attached hydrogen (secondary N) is 1. The maximum atomic E-state index is 13.7. The van der Waals surface area contributed by atoms with E-state index in [1.165, 1.54) is 0 Å². The van der Waals surface area contributed by atoms with E-state index in [-0.39, 0.29) is 42.9 Å². The quantitative estimate of drug-likeness (QED) is 0.557. The minimum Gasteiger partial charge on any atom is -0.454 e. The van der Waals surface area contributed by atoms with Crippen LogP contribution in [0.5, 0.6) is 11.5 Å². The second-order valence-corrected chi connectivity index (χ2v) is 9.22. The molecule has 3 aliphatic rings. The molecule has 0 saturated carbocycles. The van der Waals surface area contributed by atoms with Crippen LogP contribution in [0.15, 0.2) is 65.7 Å². The zero-order valence-corrected chi connectivity index (χ0v) is 19.0. The number of rotatable bonds is 6. The zero-order chi connectivity index (χ0) is 23.9. The van der Waals surface area contributed by atoms with Gasteiger partial charge in [0, 0.05) is 62.4 Å². The van der Waals surface area contributed by atoms with Crippen molar-refractivity contribution < 1.29 is 19.4 Å². The Bertz CT molecular complexity index is 1310. The van der Waals surface area contributed by atoms with Crippen molar-refractivity contribution in [3.8, 4) is 11.5 Å². The van der Waals surface area contributed by atoms with E-state index in [1.807, 2.05) is 42.6 Å². The van der Waals surface area contributed by atoms with E-state index in [0.717, 1.165) is 16.8 Å². The zero-order valence-electron chi connectivity index (χ0n) is 19.0. The van der Waals surface area contributed by atoms with Crippen LogP contribution in [0.2, 0.25) is 0 Å². The molecule has 9 heteroatoms. The molecule has 3 aliphatic heterocycles. The second kappa shape index (κ2) is 8.83. The fraction of sp³-hybridized carbons (Fsp3) is 0.346. The summed E-state index contributed by atoms with van der Waals surface area (Å²) in [6.45, 7) is 1.39. The Morgan fingerprint density at radius 3 is 2.83 bits per heavy atom. The lowest BCUT2D eigenvalue weighted by Gasteiger charge is -2.38. The lowest BCUT2D eigenvalue weighted by atomic mass is 9.86. The molecule has 0 unspecified atom stereocenters. The van der Waals surface area contributed by atoms with Crippen LogP contribution in [0.3, 0.4) is 0 Å². The van der Waals surface area contributed by atoms with Gasteiger partial charge in [0.15, 0.2) is 11.5 Å². The van der Waals surface area contributed by atoms with Gasteiger partial charge in [0.2, 0.25) is 12.7 Å². The number of carbonyl (C=O) groups is 1. The molecule has 3 aromatic rings. The Hall–Kier alpha value is -3.69. The molecule has 5 heterocycles. The van der Waals surface area contributed by atoms with Gasteiger partial charge in [-0.3, -0.25) is 19.5 Å². The SMILES string of the molecule is O=C(NCc1ccc2c(c1)OCO2)[C@H]1[C@H](CO)[C@H]2Cn3c(cccc3=O)[C@@H]1N2Cc1cccnc1. The molecule has 35 heavy (non-hydrogen) atoms. The second-order valence-electron chi connectivity index (χ2n) is 9.22. The summed E-state index contributed by atoms with van der Waals surface area (Å²) in [5, 5.41) is 13.5. The predicted octanol–water partition coefficient (Wildman–Crippen LogP) is 1.45. The molecule has 180 valence electrons. The fourth-order valence-electron chi connectivity index (χ4n) is 5.75. The molecule has 0 aliphatic carbocycles. The third-order valence-electron chi connectivity index (χ3n) is 7.34. The molecule has 1 aromatic carbocycles. The molecule has 1 amide bonds. The highest BCUT2D eigenvalue weighted by Crippen LogP contribution is 2.48. The first-order valence-electron chi connectivity index (χ1n) is 11.8. The fourth-order valence-corrected chi connectivity index (χ4v) is 5.75. The third-order valence-corrected chi connectivity index (χ3v) is 7.34. The van der Waals surface area contributed by atoms with Crippen LogP contribution in [0, 0.1) is 11.8 Å². The van der Waals surface area contributed by atoms with Gasteiger partial charge in [-0.05, 0) is 35.4 Å². The van der Waals surface area contributed by atoms with Gasteiger partial charge >= 0.3 is 0 Å². The van der Waals surface area contributed by atoms with Crippen molar-refractivity contribution in [3.63, 3.8) is 0 Å². The molecule has 2 N–H and O–H groups in total. The van der Waals surface area contributed by atoms with E-state index in [1.54, 1.807) is 22.9 Å². The standard InChI is InChI=1S/C26H26N4O5/c31-14-18-20-13-29-19(4-1-5-23(29)32)25(30(20)12-17-3-2-8-27-10-17)24(18)26(33)28-11-16-6-7-21-22(9-16)35-15-34-21/h1-10,18,20,24-25,31H,11-15H2,(H,28,33)/t18-,20-,24+,25+/m1/s1. The van der Waals surface area contributed by atoms with Gasteiger partial charge in [0.05, 0.1) is 12.0 Å². The van der Waals surface area contributed by atoms with Gasteiger partial charge in [-0.2, -0.15) is 0 Å². The maximum Gasteiger partial charge on any atom is 0.250 e. The van der Waals surface area contributed by atoms with Gasteiger partial charge in [-0.1, -0.05) is 18.2 Å². The van der Waals surface area contributed by atoms with E-state index in [4.69, 9.17) is 9.47 Å². The number of carbonyl (C=O) groups excluding carboxylic acids is 1. The largest absolute Gasteiger partial charge is 0.454 e. The summed E-state index contributed by atoms with van der Waals surface area (Å²) in [7, 11) is 0. The number of fused-ring (bicyclic) bond motifs is 5. The average molecular weight is 475 g/mol. The molecule has 2 bridgehead atoms. The Morgan fingerprint density at radius 1 is 1.11 bits per heavy atom. The van der Waals surface area contributed by atoms with Crippen molar-refractivity contribution in [2.24, 2.45) is 11.8 Å². The summed E-state index contributed by atoms with van der Waals surface area (Å²) in [6.07, 6.45) is 3.54. The van der Waals surface area contributed by atoms with Crippen molar-refractivity contribution in [2.75, 3.05) is 13.4 Å². The summed E-state index contributed by atoms with van der Waals surface area (Å²) >= 11 is 0. The van der Waals surface area contributed by atoms with E-state index in [0.29, 0.717) is 31.1 Å². The van der Waals surface area contributed by atoms with E-state index in [9.17, 15) is 14.7 Å². The van der Waals surface area contributed by atoms with Crippen LogP contribution in [-0.2, 0) is 24.4 Å². The first-order valence-corrected chi connectivity index (χ1v) is 11.8. The maximum absolute atomic E-state index is 13.7. The van der Waals surface area contributed by atoms with Gasteiger partial charge < -0.3 is 24.5 Å². The summed E-state index contributed by atoms with van der Waals surface area (Å²) in [6, 6.07) is 14.2. The number of aliphatic hydroxyl groups excluding tert-OH is 1. The third kappa shape index (κ3) is 3.77. The smallest absolute Gasteiger partial charge is 0.250 e. The monoisotopic (exact) mass is 474 g/mol. The van der Waals surface area contributed by atoms with E-state index in [2.05, 4.69) is 15.2 Å². The number of benzene rings is 1. The minimum atomic E-state index is -0.508. The first kappa shape index (κ1) is 21.8. The summed E-state index contributed by atoms with van der Waals surface area (Å²) in [5.41, 5.74) is 2.63. The highest BCUT2D eigenvalue weighted by Gasteiger charge is 2.55. The number of aromatic nitrogens is 2. The molecule has 0 spiro atoms. The summed E-state index contributed by atoms with van der Waals surface area (Å²) in [4.78, 5) is 32.8. The molecular formula is C26H26N4O5. The van der Waals surface area contributed by atoms with Crippen LogP contribution >= 0.6 is 0 Å². The van der Waals surface area contributed by atoms with Crippen LogP contribution in [-0.4, -0.2) is 44.9 Å². The van der Waals surface area contributed by atoms with Crippen LogP contribution in [0.1, 0.15) is 22.9 Å². The van der Waals surface area contributed by atoms with Gasteiger partial charge in [-0.25, -0.2) is 0 Å². The lowest BCUT2D eigenvalue weighted by Crippen LogP contribution is -2.45. The molecule has 1 fully saturated rings. The topological polar surface area (TPSA) is 106 Å². The number of nitrogens with zero attached hydrogens (tertiary/aromatic N) is 3. The summed E-state index contributed by atoms with van der Waals surface area (Å²) in [5.74, 6) is 0.393. The molecule has 1 saturated heterocycles. The lowest BCUT2D eigenvalue weighted by molar-refractivity contribution is -0.127. The number of amides is 1. The molecule has 6 rings (SSSR count). The predicted molar refractivity (Wildman–Crippen MR) is 125 cm³/mol.